The Morgan fingerprint density at radius 1 is 1.04 bits per heavy atom. The van der Waals surface area contributed by atoms with Gasteiger partial charge in [-0.05, 0) is 49.1 Å². The fraction of sp³-hybridized carbons (Fsp3) is 0.235. The molecule has 2 rings (SSSR count). The van der Waals surface area contributed by atoms with Gasteiger partial charge in [-0.3, -0.25) is 0 Å². The van der Waals surface area contributed by atoms with Crippen molar-refractivity contribution in [2.24, 2.45) is 0 Å². The summed E-state index contributed by atoms with van der Waals surface area (Å²) in [5, 5.41) is 19.5. The van der Waals surface area contributed by atoms with Crippen molar-refractivity contribution in [3.05, 3.63) is 68.7 Å². The van der Waals surface area contributed by atoms with E-state index in [9.17, 15) is 13.9 Å². The zero-order valence-electron chi connectivity index (χ0n) is 12.0. The average Bonchev–Trinajstić information content (AvgIpc) is 2.45. The smallest absolute Gasteiger partial charge is 0.126 e. The van der Waals surface area contributed by atoms with Crippen LogP contribution in [0.25, 0.3) is 0 Å². The van der Waals surface area contributed by atoms with E-state index in [4.69, 9.17) is 28.5 Å². The Bertz CT molecular complexity index is 715. The van der Waals surface area contributed by atoms with Crippen LogP contribution >= 0.6 is 23.2 Å². The molecule has 0 aliphatic carbocycles. The van der Waals surface area contributed by atoms with Crippen molar-refractivity contribution in [2.45, 2.75) is 25.4 Å². The Morgan fingerprint density at radius 2 is 1.61 bits per heavy atom. The maximum atomic E-state index is 13.1. The number of rotatable bonds is 5. The predicted octanol–water partition coefficient (Wildman–Crippen LogP) is 5.20. The first kappa shape index (κ1) is 17.7. The maximum absolute atomic E-state index is 13.1. The van der Waals surface area contributed by atoms with Crippen molar-refractivity contribution in [1.82, 2.24) is 0 Å². The van der Waals surface area contributed by atoms with Gasteiger partial charge in [0, 0.05) is 21.7 Å². The third-order valence-corrected chi connectivity index (χ3v) is 4.03. The summed E-state index contributed by atoms with van der Waals surface area (Å²) in [4.78, 5) is 0. The Labute approximate surface area is 142 Å². The van der Waals surface area contributed by atoms with Gasteiger partial charge in [-0.1, -0.05) is 23.2 Å². The van der Waals surface area contributed by atoms with Gasteiger partial charge in [0.2, 0.25) is 0 Å². The van der Waals surface area contributed by atoms with Crippen molar-refractivity contribution >= 4 is 23.2 Å². The van der Waals surface area contributed by atoms with Crippen LogP contribution < -0.4 is 0 Å². The number of hydrogen-bond acceptors (Lipinski definition) is 2. The van der Waals surface area contributed by atoms with Gasteiger partial charge in [-0.2, -0.15) is 5.26 Å². The van der Waals surface area contributed by atoms with Crippen LogP contribution in [0.5, 0.6) is 0 Å². The summed E-state index contributed by atoms with van der Waals surface area (Å²) in [5.74, 6) is -1.25. The largest absolute Gasteiger partial charge is 0.388 e. The SMILES string of the molecule is N#Cc1cc(Cl)c(C(O)CCCc2cc(F)cc(F)c2)c(Cl)c1. The molecule has 2 aromatic rings. The predicted molar refractivity (Wildman–Crippen MR) is 85.4 cm³/mol. The monoisotopic (exact) mass is 355 g/mol. The molecule has 0 heterocycles. The van der Waals surface area contributed by atoms with Gasteiger partial charge in [-0.15, -0.1) is 0 Å². The number of nitrogens with zero attached hydrogens (tertiary/aromatic N) is 1. The van der Waals surface area contributed by atoms with Gasteiger partial charge >= 0.3 is 0 Å². The van der Waals surface area contributed by atoms with Crippen LogP contribution in [0, 0.1) is 23.0 Å². The van der Waals surface area contributed by atoms with Crippen molar-refractivity contribution in [1.29, 1.82) is 5.26 Å². The van der Waals surface area contributed by atoms with Crippen LogP contribution in [0.1, 0.15) is 35.6 Å². The highest BCUT2D eigenvalue weighted by Crippen LogP contribution is 2.34. The normalized spacial score (nSPS) is 12.0. The van der Waals surface area contributed by atoms with Crippen molar-refractivity contribution in [2.75, 3.05) is 0 Å². The van der Waals surface area contributed by atoms with E-state index in [1.165, 1.54) is 24.3 Å². The molecule has 1 unspecified atom stereocenters. The third kappa shape index (κ3) is 4.65. The molecule has 0 fully saturated rings. The molecule has 0 bridgehead atoms. The van der Waals surface area contributed by atoms with Crippen molar-refractivity contribution in [3.63, 3.8) is 0 Å². The summed E-state index contributed by atoms with van der Waals surface area (Å²) in [6.45, 7) is 0. The molecule has 0 spiro atoms. The van der Waals surface area contributed by atoms with Crippen LogP contribution in [0.4, 0.5) is 8.78 Å². The van der Waals surface area contributed by atoms with Gasteiger partial charge in [0.25, 0.3) is 0 Å². The van der Waals surface area contributed by atoms with E-state index in [0.29, 0.717) is 36.0 Å². The second kappa shape index (κ2) is 7.74. The lowest BCUT2D eigenvalue weighted by atomic mass is 10.00. The number of aliphatic hydroxyl groups is 1. The summed E-state index contributed by atoms with van der Waals surface area (Å²) in [5.41, 5.74) is 1.19. The number of aryl methyl sites for hydroxylation is 1. The van der Waals surface area contributed by atoms with Crippen LogP contribution in [0.15, 0.2) is 30.3 Å². The first-order valence-corrected chi connectivity index (χ1v) is 7.68. The Morgan fingerprint density at radius 3 is 2.13 bits per heavy atom. The molecular weight excluding hydrogens is 343 g/mol. The first-order valence-electron chi connectivity index (χ1n) is 6.92. The fourth-order valence-electron chi connectivity index (χ4n) is 2.37. The van der Waals surface area contributed by atoms with Crippen molar-refractivity contribution < 1.29 is 13.9 Å². The molecule has 0 aliphatic rings. The van der Waals surface area contributed by atoms with Crippen LogP contribution in [0.3, 0.4) is 0 Å². The van der Waals surface area contributed by atoms with Crippen LogP contribution in [0.2, 0.25) is 10.0 Å². The summed E-state index contributed by atoms with van der Waals surface area (Å²) >= 11 is 12.1. The second-order valence-electron chi connectivity index (χ2n) is 5.15. The summed E-state index contributed by atoms with van der Waals surface area (Å²) in [7, 11) is 0. The van der Waals surface area contributed by atoms with E-state index in [0.717, 1.165) is 6.07 Å². The number of aliphatic hydroxyl groups excluding tert-OH is 1. The molecule has 0 aromatic heterocycles. The molecule has 0 saturated heterocycles. The number of halogens is 4. The molecule has 6 heteroatoms. The third-order valence-electron chi connectivity index (χ3n) is 3.41. The van der Waals surface area contributed by atoms with Gasteiger partial charge in [0.15, 0.2) is 0 Å². The summed E-state index contributed by atoms with van der Waals surface area (Å²) in [6.07, 6.45) is 0.318. The molecule has 1 atom stereocenters. The lowest BCUT2D eigenvalue weighted by Crippen LogP contribution is -2.01. The molecule has 2 nitrogen and oxygen atoms in total. The maximum Gasteiger partial charge on any atom is 0.126 e. The molecule has 2 aromatic carbocycles. The molecule has 0 aliphatic heterocycles. The number of hydrogen-bond donors (Lipinski definition) is 1. The zero-order valence-corrected chi connectivity index (χ0v) is 13.5. The van der Waals surface area contributed by atoms with E-state index >= 15 is 0 Å². The molecule has 0 saturated carbocycles. The molecule has 23 heavy (non-hydrogen) atoms. The lowest BCUT2D eigenvalue weighted by molar-refractivity contribution is 0.165. The summed E-state index contributed by atoms with van der Waals surface area (Å²) < 4.78 is 26.2. The van der Waals surface area contributed by atoms with Gasteiger partial charge < -0.3 is 5.11 Å². The minimum absolute atomic E-state index is 0.221. The summed E-state index contributed by atoms with van der Waals surface area (Å²) in [6, 6.07) is 8.14. The highest BCUT2D eigenvalue weighted by atomic mass is 35.5. The highest BCUT2D eigenvalue weighted by molar-refractivity contribution is 6.36. The molecule has 0 amide bonds. The van der Waals surface area contributed by atoms with E-state index in [1.807, 2.05) is 6.07 Å². The topological polar surface area (TPSA) is 44.0 Å². The molecule has 1 N–H and O–H groups in total. The van der Waals surface area contributed by atoms with E-state index in [2.05, 4.69) is 0 Å². The Hall–Kier alpha value is -1.67. The molecule has 0 radical (unpaired) electrons. The van der Waals surface area contributed by atoms with Crippen molar-refractivity contribution in [3.8, 4) is 6.07 Å². The fourth-order valence-corrected chi connectivity index (χ4v) is 3.11. The van der Waals surface area contributed by atoms with E-state index in [-0.39, 0.29) is 10.0 Å². The van der Waals surface area contributed by atoms with Crippen LogP contribution in [-0.4, -0.2) is 5.11 Å². The first-order chi connectivity index (χ1) is 10.9. The Balaban J connectivity index is 2.03. The van der Waals surface area contributed by atoms with E-state index in [1.54, 1.807) is 0 Å². The minimum atomic E-state index is -0.916. The highest BCUT2D eigenvalue weighted by Gasteiger charge is 2.17. The average molecular weight is 356 g/mol. The molecular formula is C17H13Cl2F2NO. The van der Waals surface area contributed by atoms with Gasteiger partial charge in [0.1, 0.15) is 11.6 Å². The lowest BCUT2D eigenvalue weighted by Gasteiger charge is -2.15. The quantitative estimate of drug-likeness (QED) is 0.800. The molecule has 120 valence electrons. The van der Waals surface area contributed by atoms with Crippen LogP contribution in [-0.2, 0) is 6.42 Å². The standard InChI is InChI=1S/C17H13Cl2F2NO/c18-14-6-11(9-22)7-15(19)17(14)16(23)3-1-2-10-4-12(20)8-13(21)5-10/h4-8,16,23H,1-3H2. The van der Waals surface area contributed by atoms with Gasteiger partial charge in [-0.25, -0.2) is 8.78 Å². The second-order valence-corrected chi connectivity index (χ2v) is 5.97. The minimum Gasteiger partial charge on any atom is -0.388 e. The van der Waals surface area contributed by atoms with Gasteiger partial charge in [0.05, 0.1) is 17.7 Å². The number of benzene rings is 2. The number of nitriles is 1. The zero-order chi connectivity index (χ0) is 17.0. The Kier molecular flexibility index (Phi) is 5.95. The van der Waals surface area contributed by atoms with E-state index < -0.39 is 17.7 Å².